The molecule has 2 bridgehead atoms. The van der Waals surface area contributed by atoms with Crippen molar-refractivity contribution in [3.05, 3.63) is 61.2 Å². The summed E-state index contributed by atoms with van der Waals surface area (Å²) in [6, 6.07) is 9.23. The number of aliphatic hydroxyl groups excluding tert-OH is 1. The highest BCUT2D eigenvalue weighted by molar-refractivity contribution is 8.02. The number of unbranched alkanes of at least 4 members (excludes halogenated alkanes) is 1. The summed E-state index contributed by atoms with van der Waals surface area (Å²) in [7, 11) is 0. The lowest BCUT2D eigenvalue weighted by Crippen LogP contribution is -2.58. The molecule has 6 atom stereocenters. The molecule has 1 aromatic carbocycles. The largest absolute Gasteiger partial charge is 0.396 e. The number of ether oxygens (including phenoxy) is 1. The molecule has 4 aliphatic heterocycles. The second kappa shape index (κ2) is 14.6. The van der Waals surface area contributed by atoms with Crippen molar-refractivity contribution >= 4 is 29.5 Å². The Labute approximate surface area is 266 Å². The van der Waals surface area contributed by atoms with Gasteiger partial charge in [0, 0.05) is 64.2 Å². The minimum atomic E-state index is -0.677. The van der Waals surface area contributed by atoms with Gasteiger partial charge in [0.2, 0.25) is 17.7 Å². The lowest BCUT2D eigenvalue weighted by Gasteiger charge is -2.41. The number of hydrogen-bond acceptors (Lipinski definition) is 7. The van der Waals surface area contributed by atoms with Crippen molar-refractivity contribution in [2.24, 2.45) is 17.8 Å². The molecule has 5 rings (SSSR count). The molecule has 4 aliphatic rings. The zero-order valence-corrected chi connectivity index (χ0v) is 26.8. The zero-order chi connectivity index (χ0) is 31.3. The van der Waals surface area contributed by atoms with Crippen molar-refractivity contribution in [1.29, 1.82) is 0 Å². The van der Waals surface area contributed by atoms with Crippen LogP contribution >= 0.6 is 11.8 Å². The van der Waals surface area contributed by atoms with Gasteiger partial charge in [-0.1, -0.05) is 49.4 Å². The SMILES string of the molecule is C=CCN(CCN1CCOCC1)C(=O)C1N(CCCCO)C(=O)[C@@H]2[C@H](C(=O)N(CC=C)Cc3ccccc3)[C@@H]3CC(C)C12S3. The van der Waals surface area contributed by atoms with E-state index in [2.05, 4.69) is 25.0 Å². The Kier molecular flexibility index (Phi) is 10.9. The fraction of sp³-hybridized carbons (Fsp3) is 0.618. The Morgan fingerprint density at radius 1 is 1.07 bits per heavy atom. The monoisotopic (exact) mass is 624 g/mol. The van der Waals surface area contributed by atoms with E-state index >= 15 is 0 Å². The number of carbonyl (C=O) groups is 3. The average Bonchev–Trinajstić information content (AvgIpc) is 3.63. The molecule has 3 unspecified atom stereocenters. The van der Waals surface area contributed by atoms with E-state index in [0.29, 0.717) is 58.8 Å². The van der Waals surface area contributed by atoms with Crippen molar-refractivity contribution in [3.8, 4) is 0 Å². The second-order valence-electron chi connectivity index (χ2n) is 12.5. The third-order valence-corrected chi connectivity index (χ3v) is 12.0. The van der Waals surface area contributed by atoms with E-state index in [4.69, 9.17) is 4.74 Å². The van der Waals surface area contributed by atoms with Crippen molar-refractivity contribution in [3.63, 3.8) is 0 Å². The van der Waals surface area contributed by atoms with Crippen molar-refractivity contribution < 1.29 is 24.2 Å². The van der Waals surface area contributed by atoms with Crippen LogP contribution in [0, 0.1) is 17.8 Å². The number of carbonyl (C=O) groups excluding carboxylic acids is 3. The summed E-state index contributed by atoms with van der Waals surface area (Å²) in [5, 5.41) is 9.50. The van der Waals surface area contributed by atoms with E-state index in [1.807, 2.05) is 40.1 Å². The van der Waals surface area contributed by atoms with Crippen molar-refractivity contribution in [1.82, 2.24) is 19.6 Å². The van der Waals surface area contributed by atoms with Crippen LogP contribution in [0.1, 0.15) is 31.7 Å². The van der Waals surface area contributed by atoms with Gasteiger partial charge in [0.1, 0.15) is 6.04 Å². The Hall–Kier alpha value is -2.66. The summed E-state index contributed by atoms with van der Waals surface area (Å²) in [5.74, 6) is -1.14. The third-order valence-electron chi connectivity index (χ3n) is 9.90. The predicted octanol–water partition coefficient (Wildman–Crippen LogP) is 2.66. The van der Waals surface area contributed by atoms with E-state index in [-0.39, 0.29) is 35.5 Å². The molecule has 1 spiro atoms. The molecule has 10 heteroatoms. The van der Waals surface area contributed by atoms with Gasteiger partial charge < -0.3 is 24.5 Å². The van der Waals surface area contributed by atoms with E-state index in [9.17, 15) is 19.5 Å². The maximum Gasteiger partial charge on any atom is 0.247 e. The van der Waals surface area contributed by atoms with Gasteiger partial charge in [0.15, 0.2) is 0 Å². The summed E-state index contributed by atoms with van der Waals surface area (Å²) in [6.45, 7) is 16.0. The molecular formula is C34H48N4O5S. The van der Waals surface area contributed by atoms with Gasteiger partial charge >= 0.3 is 0 Å². The van der Waals surface area contributed by atoms with Gasteiger partial charge in [-0.05, 0) is 30.7 Å². The molecular weight excluding hydrogens is 576 g/mol. The molecule has 1 N–H and O–H groups in total. The van der Waals surface area contributed by atoms with Crippen LogP contribution in [0.3, 0.4) is 0 Å². The van der Waals surface area contributed by atoms with Crippen LogP contribution in [0.25, 0.3) is 0 Å². The Morgan fingerprint density at radius 3 is 2.45 bits per heavy atom. The highest BCUT2D eigenvalue weighted by Gasteiger charge is 2.76. The minimum absolute atomic E-state index is 0.0226. The van der Waals surface area contributed by atoms with E-state index in [1.165, 1.54) is 0 Å². The first-order valence-corrected chi connectivity index (χ1v) is 17.0. The van der Waals surface area contributed by atoms with Gasteiger partial charge in [-0.25, -0.2) is 0 Å². The number of likely N-dealkylation sites (tertiary alicyclic amines) is 1. The number of thioether (sulfide) groups is 1. The molecule has 1 aromatic rings. The van der Waals surface area contributed by atoms with Gasteiger partial charge in [-0.15, -0.1) is 24.9 Å². The number of fused-ring (bicyclic) bond motifs is 1. The van der Waals surface area contributed by atoms with Crippen LogP contribution in [0.2, 0.25) is 0 Å². The van der Waals surface area contributed by atoms with Crippen LogP contribution in [0.5, 0.6) is 0 Å². The van der Waals surface area contributed by atoms with Gasteiger partial charge in [0.05, 0.1) is 29.8 Å². The molecule has 3 amide bonds. The number of amides is 3. The Bertz CT molecular complexity index is 1190. The van der Waals surface area contributed by atoms with Gasteiger partial charge in [0.25, 0.3) is 0 Å². The maximum absolute atomic E-state index is 14.7. The lowest BCUT2D eigenvalue weighted by molar-refractivity contribution is -0.145. The van der Waals surface area contributed by atoms with Crippen LogP contribution in [-0.4, -0.2) is 124 Å². The van der Waals surface area contributed by atoms with Crippen LogP contribution in [-0.2, 0) is 25.7 Å². The first-order valence-electron chi connectivity index (χ1n) is 16.1. The zero-order valence-electron chi connectivity index (χ0n) is 26.0. The number of hydrogen-bond donors (Lipinski definition) is 1. The number of nitrogens with zero attached hydrogens (tertiary/aromatic N) is 4. The Balaban J connectivity index is 1.46. The maximum atomic E-state index is 14.7. The number of rotatable bonds is 15. The quantitative estimate of drug-likeness (QED) is 0.237. The fourth-order valence-corrected chi connectivity index (χ4v) is 10.2. The topological polar surface area (TPSA) is 93.6 Å². The third kappa shape index (κ3) is 6.23. The van der Waals surface area contributed by atoms with Crippen LogP contribution < -0.4 is 0 Å². The van der Waals surface area contributed by atoms with Gasteiger partial charge in [-0.3, -0.25) is 19.3 Å². The molecule has 4 saturated heterocycles. The number of benzene rings is 1. The lowest BCUT2D eigenvalue weighted by atomic mass is 9.65. The van der Waals surface area contributed by atoms with Gasteiger partial charge in [-0.2, -0.15) is 0 Å². The minimum Gasteiger partial charge on any atom is -0.396 e. The van der Waals surface area contributed by atoms with Crippen molar-refractivity contribution in [2.75, 3.05) is 65.6 Å². The molecule has 240 valence electrons. The first kappa shape index (κ1) is 32.7. The summed E-state index contributed by atoms with van der Waals surface area (Å²) in [4.78, 5) is 51.4. The molecule has 4 heterocycles. The standard InChI is InChI=1S/C34H48N4O5S/c1-4-13-36(17-16-35-18-21-43-22-19-35)33(42)30-34-25(3)23-27(44-34)28(29(34)32(41)38(30)15-9-10-20-39)31(40)37(14-5-2)24-26-11-7-6-8-12-26/h4-8,11-12,25,27-30,39H,1-2,9-10,13-24H2,3H3/t25?,27-,28+,29-,30?,34?/m0/s1. The molecule has 44 heavy (non-hydrogen) atoms. The van der Waals surface area contributed by atoms with Crippen LogP contribution in [0.4, 0.5) is 0 Å². The van der Waals surface area contributed by atoms with Crippen molar-refractivity contribution in [2.45, 2.75) is 48.8 Å². The Morgan fingerprint density at radius 2 is 1.77 bits per heavy atom. The number of aliphatic hydroxyl groups is 1. The van der Waals surface area contributed by atoms with E-state index in [1.54, 1.807) is 28.8 Å². The predicted molar refractivity (Wildman–Crippen MR) is 173 cm³/mol. The normalized spacial score (nSPS) is 29.5. The molecule has 0 radical (unpaired) electrons. The second-order valence-corrected chi connectivity index (χ2v) is 14.1. The average molecular weight is 625 g/mol. The molecule has 0 aliphatic carbocycles. The summed E-state index contributed by atoms with van der Waals surface area (Å²) in [6.07, 6.45) is 5.44. The van der Waals surface area contributed by atoms with E-state index < -0.39 is 22.6 Å². The fourth-order valence-electron chi connectivity index (χ4n) is 7.83. The summed E-state index contributed by atoms with van der Waals surface area (Å²) in [5.41, 5.74) is 1.03. The summed E-state index contributed by atoms with van der Waals surface area (Å²) < 4.78 is 4.82. The van der Waals surface area contributed by atoms with E-state index in [0.717, 1.165) is 31.6 Å². The highest BCUT2D eigenvalue weighted by Crippen LogP contribution is 2.69. The molecule has 4 fully saturated rings. The van der Waals surface area contributed by atoms with Crippen LogP contribution in [0.15, 0.2) is 55.6 Å². The molecule has 0 saturated carbocycles. The first-order chi connectivity index (χ1) is 21.4. The number of morpholine rings is 1. The smallest absolute Gasteiger partial charge is 0.247 e. The molecule has 0 aromatic heterocycles. The highest BCUT2D eigenvalue weighted by atomic mass is 32.2. The molecule has 9 nitrogen and oxygen atoms in total. The summed E-state index contributed by atoms with van der Waals surface area (Å²) >= 11 is 1.72.